The van der Waals surface area contributed by atoms with Crippen molar-refractivity contribution in [2.75, 3.05) is 7.11 Å². The lowest BCUT2D eigenvalue weighted by molar-refractivity contribution is 0.112. The van der Waals surface area contributed by atoms with E-state index < -0.39 is 0 Å². The van der Waals surface area contributed by atoms with Gasteiger partial charge in [-0.15, -0.1) is 0 Å². The fourth-order valence-corrected chi connectivity index (χ4v) is 1.84. The first-order valence-corrected chi connectivity index (χ1v) is 6.09. The molecule has 0 spiro atoms. The standard InChI is InChI=1S/C16H16O3/c1-12(14-6-4-3-5-7-14)19-15-9-8-13(11-17)10-16(15)18-2/h3-12H,1-2H3/t12-/m1/s1. The van der Waals surface area contributed by atoms with Gasteiger partial charge in [0.1, 0.15) is 12.4 Å². The largest absolute Gasteiger partial charge is 0.493 e. The number of rotatable bonds is 5. The number of carbonyl (C=O) groups excluding carboxylic acids is 1. The zero-order valence-corrected chi connectivity index (χ0v) is 11.0. The summed E-state index contributed by atoms with van der Waals surface area (Å²) in [5.41, 5.74) is 1.65. The van der Waals surface area contributed by atoms with E-state index in [1.807, 2.05) is 37.3 Å². The van der Waals surface area contributed by atoms with E-state index in [1.54, 1.807) is 25.3 Å². The second-order valence-electron chi connectivity index (χ2n) is 4.20. The molecule has 3 nitrogen and oxygen atoms in total. The molecule has 0 N–H and O–H groups in total. The van der Waals surface area contributed by atoms with Crippen molar-refractivity contribution in [1.29, 1.82) is 0 Å². The van der Waals surface area contributed by atoms with Gasteiger partial charge in [-0.1, -0.05) is 30.3 Å². The summed E-state index contributed by atoms with van der Waals surface area (Å²) in [4.78, 5) is 10.7. The van der Waals surface area contributed by atoms with Crippen LogP contribution in [0, 0.1) is 0 Å². The van der Waals surface area contributed by atoms with E-state index in [0.29, 0.717) is 17.1 Å². The second kappa shape index (κ2) is 6.05. The smallest absolute Gasteiger partial charge is 0.162 e. The van der Waals surface area contributed by atoms with Crippen LogP contribution in [-0.4, -0.2) is 13.4 Å². The molecule has 98 valence electrons. The van der Waals surface area contributed by atoms with Crippen LogP contribution in [-0.2, 0) is 0 Å². The van der Waals surface area contributed by atoms with Crippen LogP contribution in [0.4, 0.5) is 0 Å². The number of hydrogen-bond acceptors (Lipinski definition) is 3. The molecule has 0 aliphatic rings. The summed E-state index contributed by atoms with van der Waals surface area (Å²) in [7, 11) is 1.56. The minimum Gasteiger partial charge on any atom is -0.493 e. The van der Waals surface area contributed by atoms with E-state index in [0.717, 1.165) is 11.8 Å². The Morgan fingerprint density at radius 3 is 2.42 bits per heavy atom. The van der Waals surface area contributed by atoms with E-state index >= 15 is 0 Å². The first-order valence-electron chi connectivity index (χ1n) is 6.09. The zero-order valence-electron chi connectivity index (χ0n) is 11.0. The SMILES string of the molecule is COc1cc(C=O)ccc1O[C@H](C)c1ccccc1. The average molecular weight is 256 g/mol. The molecule has 2 rings (SSSR count). The second-order valence-corrected chi connectivity index (χ2v) is 4.20. The van der Waals surface area contributed by atoms with Crippen LogP contribution in [0.25, 0.3) is 0 Å². The molecule has 0 aliphatic carbocycles. The molecule has 1 atom stereocenters. The number of benzene rings is 2. The van der Waals surface area contributed by atoms with Crippen molar-refractivity contribution in [3.05, 3.63) is 59.7 Å². The number of carbonyl (C=O) groups is 1. The van der Waals surface area contributed by atoms with E-state index in [2.05, 4.69) is 0 Å². The Kier molecular flexibility index (Phi) is 4.18. The fourth-order valence-electron chi connectivity index (χ4n) is 1.84. The number of hydrogen-bond donors (Lipinski definition) is 0. The normalized spacial score (nSPS) is 11.7. The minimum absolute atomic E-state index is 0.0859. The van der Waals surface area contributed by atoms with Gasteiger partial charge in [-0.05, 0) is 30.7 Å². The van der Waals surface area contributed by atoms with Gasteiger partial charge in [-0.25, -0.2) is 0 Å². The van der Waals surface area contributed by atoms with E-state index in [-0.39, 0.29) is 6.10 Å². The monoisotopic (exact) mass is 256 g/mol. The molecule has 0 saturated heterocycles. The lowest BCUT2D eigenvalue weighted by atomic mass is 10.1. The van der Waals surface area contributed by atoms with Crippen LogP contribution >= 0.6 is 0 Å². The van der Waals surface area contributed by atoms with Gasteiger partial charge in [0.15, 0.2) is 11.5 Å². The van der Waals surface area contributed by atoms with Gasteiger partial charge in [0.25, 0.3) is 0 Å². The van der Waals surface area contributed by atoms with Gasteiger partial charge in [0, 0.05) is 5.56 Å². The molecule has 0 aliphatic heterocycles. The van der Waals surface area contributed by atoms with Crippen LogP contribution in [0.2, 0.25) is 0 Å². The van der Waals surface area contributed by atoms with Crippen molar-refractivity contribution < 1.29 is 14.3 Å². The molecule has 2 aromatic rings. The van der Waals surface area contributed by atoms with Crippen molar-refractivity contribution in [2.24, 2.45) is 0 Å². The molecule has 0 amide bonds. The van der Waals surface area contributed by atoms with Crippen LogP contribution in [0.1, 0.15) is 28.9 Å². The highest BCUT2D eigenvalue weighted by atomic mass is 16.5. The van der Waals surface area contributed by atoms with E-state index in [9.17, 15) is 4.79 Å². The Morgan fingerprint density at radius 2 is 1.79 bits per heavy atom. The molecule has 0 heterocycles. The van der Waals surface area contributed by atoms with Gasteiger partial charge in [0.2, 0.25) is 0 Å². The topological polar surface area (TPSA) is 35.5 Å². The van der Waals surface area contributed by atoms with Crippen molar-refractivity contribution in [2.45, 2.75) is 13.0 Å². The van der Waals surface area contributed by atoms with Crippen LogP contribution in [0.5, 0.6) is 11.5 Å². The third-order valence-corrected chi connectivity index (χ3v) is 2.90. The summed E-state index contributed by atoms with van der Waals surface area (Å²) < 4.78 is 11.1. The van der Waals surface area contributed by atoms with Gasteiger partial charge in [-0.2, -0.15) is 0 Å². The highest BCUT2D eigenvalue weighted by Gasteiger charge is 2.11. The lowest BCUT2D eigenvalue weighted by Crippen LogP contribution is -2.04. The van der Waals surface area contributed by atoms with Crippen molar-refractivity contribution in [1.82, 2.24) is 0 Å². The quantitative estimate of drug-likeness (QED) is 0.766. The van der Waals surface area contributed by atoms with Crippen LogP contribution < -0.4 is 9.47 Å². The van der Waals surface area contributed by atoms with E-state index in [4.69, 9.17) is 9.47 Å². The summed E-state index contributed by atoms with van der Waals surface area (Å²) in [6.45, 7) is 1.97. The Bertz CT molecular complexity index is 549. The maximum Gasteiger partial charge on any atom is 0.162 e. The first kappa shape index (κ1) is 13.1. The Labute approximate surface area is 112 Å². The van der Waals surface area contributed by atoms with Gasteiger partial charge in [0.05, 0.1) is 7.11 Å². The first-order chi connectivity index (χ1) is 9.24. The average Bonchev–Trinajstić information content (AvgIpc) is 2.48. The molecular weight excluding hydrogens is 240 g/mol. The molecule has 2 aromatic carbocycles. The number of methoxy groups -OCH3 is 1. The van der Waals surface area contributed by atoms with Crippen molar-refractivity contribution >= 4 is 6.29 Å². The zero-order chi connectivity index (χ0) is 13.7. The molecule has 0 bridgehead atoms. The van der Waals surface area contributed by atoms with Gasteiger partial charge in [-0.3, -0.25) is 4.79 Å². The third-order valence-electron chi connectivity index (χ3n) is 2.90. The number of aldehydes is 1. The highest BCUT2D eigenvalue weighted by molar-refractivity contribution is 5.76. The summed E-state index contributed by atoms with van der Waals surface area (Å²) >= 11 is 0. The molecule has 0 saturated carbocycles. The lowest BCUT2D eigenvalue weighted by Gasteiger charge is -2.17. The summed E-state index contributed by atoms with van der Waals surface area (Å²) in [5.74, 6) is 1.19. The third kappa shape index (κ3) is 3.13. The van der Waals surface area contributed by atoms with Crippen LogP contribution in [0.3, 0.4) is 0 Å². The Hall–Kier alpha value is -2.29. The molecule has 0 fully saturated rings. The number of ether oxygens (including phenoxy) is 2. The predicted octanol–water partition coefficient (Wildman–Crippen LogP) is 3.65. The van der Waals surface area contributed by atoms with Crippen molar-refractivity contribution in [3.63, 3.8) is 0 Å². The maximum atomic E-state index is 10.7. The van der Waals surface area contributed by atoms with Crippen molar-refractivity contribution in [3.8, 4) is 11.5 Å². The predicted molar refractivity (Wildman–Crippen MR) is 73.9 cm³/mol. The summed E-state index contributed by atoms with van der Waals surface area (Å²) in [6.07, 6.45) is 0.699. The Morgan fingerprint density at radius 1 is 1.05 bits per heavy atom. The molecule has 3 heteroatoms. The van der Waals surface area contributed by atoms with E-state index in [1.165, 1.54) is 0 Å². The maximum absolute atomic E-state index is 10.7. The molecule has 0 radical (unpaired) electrons. The summed E-state index contributed by atoms with van der Waals surface area (Å²) in [6, 6.07) is 15.1. The van der Waals surface area contributed by atoms with Crippen LogP contribution in [0.15, 0.2) is 48.5 Å². The molecule has 0 aromatic heterocycles. The van der Waals surface area contributed by atoms with Gasteiger partial charge < -0.3 is 9.47 Å². The fraction of sp³-hybridized carbons (Fsp3) is 0.188. The highest BCUT2D eigenvalue weighted by Crippen LogP contribution is 2.31. The summed E-state index contributed by atoms with van der Waals surface area (Å²) in [5, 5.41) is 0. The molecule has 0 unspecified atom stereocenters. The minimum atomic E-state index is -0.0859. The molecular formula is C16H16O3. The van der Waals surface area contributed by atoms with Gasteiger partial charge >= 0.3 is 0 Å². The molecule has 19 heavy (non-hydrogen) atoms. The Balaban J connectivity index is 2.21.